The standard InChI is InChI=1S/C31H38N2O/c1-20(23(4)17-25-18-32-19-25)15-16-27-21(2)13-14-22(3)30(27)31(34)33-24(5)28-12-8-10-26-9-6-7-11-29(26)28/h6-16,20,23-25,32H,17-19H2,1-5H3,(H,33,34)/b16-15-. The van der Waals surface area contributed by atoms with Gasteiger partial charge in [-0.1, -0.05) is 80.6 Å². The quantitative estimate of drug-likeness (QED) is 0.391. The normalized spacial score (nSPS) is 16.9. The van der Waals surface area contributed by atoms with Crippen molar-refractivity contribution in [3.63, 3.8) is 0 Å². The van der Waals surface area contributed by atoms with Gasteiger partial charge in [0.05, 0.1) is 6.04 Å². The maximum atomic E-state index is 13.6. The van der Waals surface area contributed by atoms with Crippen LogP contribution >= 0.6 is 0 Å². The molecule has 3 atom stereocenters. The van der Waals surface area contributed by atoms with Crippen molar-refractivity contribution >= 4 is 22.8 Å². The third-order valence-corrected chi connectivity index (χ3v) is 7.57. The molecule has 1 fully saturated rings. The van der Waals surface area contributed by atoms with Crippen LogP contribution in [0.25, 0.3) is 16.8 Å². The van der Waals surface area contributed by atoms with Crippen LogP contribution in [-0.2, 0) is 0 Å². The Hall–Kier alpha value is -2.91. The molecule has 0 saturated carbocycles. The van der Waals surface area contributed by atoms with E-state index < -0.39 is 0 Å². The molecule has 1 aliphatic rings. The molecule has 3 unspecified atom stereocenters. The monoisotopic (exact) mass is 454 g/mol. The smallest absolute Gasteiger partial charge is 0.252 e. The predicted octanol–water partition coefficient (Wildman–Crippen LogP) is 6.84. The Labute approximate surface area is 204 Å². The fourth-order valence-electron chi connectivity index (χ4n) is 5.02. The number of benzene rings is 3. The second kappa shape index (κ2) is 10.6. The minimum atomic E-state index is -0.0922. The fraction of sp³-hybridized carbons (Fsp3) is 0.387. The van der Waals surface area contributed by atoms with Crippen molar-refractivity contribution in [1.82, 2.24) is 10.6 Å². The lowest BCUT2D eigenvalue weighted by molar-refractivity contribution is 0.0939. The number of hydrogen-bond donors (Lipinski definition) is 2. The Balaban J connectivity index is 1.56. The molecule has 1 aliphatic heterocycles. The van der Waals surface area contributed by atoms with E-state index in [-0.39, 0.29) is 11.9 Å². The molecule has 3 aromatic rings. The summed E-state index contributed by atoms with van der Waals surface area (Å²) in [7, 11) is 0. The van der Waals surface area contributed by atoms with Gasteiger partial charge in [-0.3, -0.25) is 4.79 Å². The first-order chi connectivity index (χ1) is 16.3. The molecular formula is C31H38N2O. The summed E-state index contributed by atoms with van der Waals surface area (Å²) in [5, 5.41) is 9.03. The second-order valence-corrected chi connectivity index (χ2v) is 10.2. The summed E-state index contributed by atoms with van der Waals surface area (Å²) < 4.78 is 0. The lowest BCUT2D eigenvalue weighted by Gasteiger charge is -2.31. The summed E-state index contributed by atoms with van der Waals surface area (Å²) in [6, 6.07) is 18.7. The van der Waals surface area contributed by atoms with Crippen LogP contribution in [0.1, 0.15) is 65.8 Å². The van der Waals surface area contributed by atoms with Crippen LogP contribution < -0.4 is 10.6 Å². The minimum absolute atomic E-state index is 0.0115. The highest BCUT2D eigenvalue weighted by molar-refractivity contribution is 6.00. The average Bonchev–Trinajstić information content (AvgIpc) is 2.80. The molecule has 0 aromatic heterocycles. The van der Waals surface area contributed by atoms with Gasteiger partial charge in [0.15, 0.2) is 0 Å². The number of fused-ring (bicyclic) bond motifs is 1. The summed E-state index contributed by atoms with van der Waals surface area (Å²) in [6.45, 7) is 13.1. The van der Waals surface area contributed by atoms with Gasteiger partial charge in [-0.2, -0.15) is 0 Å². The molecule has 1 heterocycles. The Bertz CT molecular complexity index is 1190. The Morgan fingerprint density at radius 2 is 1.71 bits per heavy atom. The van der Waals surface area contributed by atoms with Crippen molar-refractivity contribution in [2.75, 3.05) is 13.1 Å². The lowest BCUT2D eigenvalue weighted by atomic mass is 9.83. The van der Waals surface area contributed by atoms with Crippen molar-refractivity contribution in [2.45, 2.75) is 47.1 Å². The number of amides is 1. The average molecular weight is 455 g/mol. The zero-order valence-electron chi connectivity index (χ0n) is 21.2. The molecule has 34 heavy (non-hydrogen) atoms. The van der Waals surface area contributed by atoms with Crippen molar-refractivity contribution in [3.8, 4) is 0 Å². The van der Waals surface area contributed by atoms with Gasteiger partial charge in [0.25, 0.3) is 5.91 Å². The summed E-state index contributed by atoms with van der Waals surface area (Å²) in [5.41, 5.74) is 5.10. The fourth-order valence-corrected chi connectivity index (χ4v) is 5.02. The van der Waals surface area contributed by atoms with Crippen LogP contribution in [0.15, 0.2) is 60.7 Å². The maximum absolute atomic E-state index is 13.6. The molecule has 0 aliphatic carbocycles. The molecule has 1 amide bonds. The number of rotatable bonds is 8. The van der Waals surface area contributed by atoms with Gasteiger partial charge in [-0.15, -0.1) is 0 Å². The van der Waals surface area contributed by atoms with Crippen molar-refractivity contribution in [1.29, 1.82) is 0 Å². The topological polar surface area (TPSA) is 41.1 Å². The molecule has 3 heteroatoms. The van der Waals surface area contributed by atoms with Crippen LogP contribution in [-0.4, -0.2) is 19.0 Å². The Morgan fingerprint density at radius 1 is 1.00 bits per heavy atom. The molecule has 4 rings (SSSR count). The van der Waals surface area contributed by atoms with E-state index >= 15 is 0 Å². The second-order valence-electron chi connectivity index (χ2n) is 10.2. The third-order valence-electron chi connectivity index (χ3n) is 7.57. The van der Waals surface area contributed by atoms with E-state index in [1.165, 1.54) is 17.2 Å². The zero-order chi connectivity index (χ0) is 24.2. The molecule has 0 spiro atoms. The highest BCUT2D eigenvalue weighted by Gasteiger charge is 2.22. The van der Waals surface area contributed by atoms with Crippen LogP contribution in [0.2, 0.25) is 0 Å². The van der Waals surface area contributed by atoms with E-state index in [1.54, 1.807) is 0 Å². The Kier molecular flexibility index (Phi) is 7.53. The van der Waals surface area contributed by atoms with E-state index in [9.17, 15) is 4.79 Å². The molecule has 3 aromatic carbocycles. The molecule has 0 bridgehead atoms. The molecule has 0 radical (unpaired) electrons. The van der Waals surface area contributed by atoms with E-state index in [4.69, 9.17) is 0 Å². The van der Waals surface area contributed by atoms with Crippen LogP contribution in [0.4, 0.5) is 0 Å². The van der Waals surface area contributed by atoms with Gasteiger partial charge < -0.3 is 10.6 Å². The van der Waals surface area contributed by atoms with Gasteiger partial charge in [0, 0.05) is 5.56 Å². The number of hydrogen-bond acceptors (Lipinski definition) is 2. The largest absolute Gasteiger partial charge is 0.345 e. The summed E-state index contributed by atoms with van der Waals surface area (Å²) in [5.74, 6) is 1.88. The lowest BCUT2D eigenvalue weighted by Crippen LogP contribution is -2.43. The van der Waals surface area contributed by atoms with E-state index in [0.717, 1.165) is 46.8 Å². The first kappa shape index (κ1) is 24.2. The molecule has 1 saturated heterocycles. The number of nitrogens with one attached hydrogen (secondary N) is 2. The van der Waals surface area contributed by atoms with Gasteiger partial charge in [0.2, 0.25) is 0 Å². The minimum Gasteiger partial charge on any atom is -0.345 e. The number of carbonyl (C=O) groups is 1. The molecule has 178 valence electrons. The highest BCUT2D eigenvalue weighted by Crippen LogP contribution is 2.28. The van der Waals surface area contributed by atoms with Crippen LogP contribution in [0.3, 0.4) is 0 Å². The third kappa shape index (κ3) is 5.26. The summed E-state index contributed by atoms with van der Waals surface area (Å²) >= 11 is 0. The number of aryl methyl sites for hydroxylation is 2. The summed E-state index contributed by atoms with van der Waals surface area (Å²) in [4.78, 5) is 13.6. The number of carbonyl (C=O) groups excluding carboxylic acids is 1. The number of allylic oxidation sites excluding steroid dienone is 1. The molecule has 2 N–H and O–H groups in total. The first-order valence-corrected chi connectivity index (χ1v) is 12.6. The Morgan fingerprint density at radius 3 is 2.44 bits per heavy atom. The van der Waals surface area contributed by atoms with Crippen LogP contribution in [0.5, 0.6) is 0 Å². The zero-order valence-corrected chi connectivity index (χ0v) is 21.2. The predicted molar refractivity (Wildman–Crippen MR) is 144 cm³/mol. The van der Waals surface area contributed by atoms with Crippen LogP contribution in [0, 0.1) is 31.6 Å². The van der Waals surface area contributed by atoms with E-state index in [2.05, 4.69) is 105 Å². The maximum Gasteiger partial charge on any atom is 0.252 e. The van der Waals surface area contributed by atoms with Crippen molar-refractivity contribution < 1.29 is 4.79 Å². The van der Waals surface area contributed by atoms with Gasteiger partial charge >= 0.3 is 0 Å². The summed E-state index contributed by atoms with van der Waals surface area (Å²) in [6.07, 6.45) is 5.73. The van der Waals surface area contributed by atoms with E-state index in [1.807, 2.05) is 6.92 Å². The van der Waals surface area contributed by atoms with E-state index in [0.29, 0.717) is 11.8 Å². The first-order valence-electron chi connectivity index (χ1n) is 12.6. The van der Waals surface area contributed by atoms with Gasteiger partial charge in [-0.05, 0) is 91.1 Å². The SMILES string of the molecule is Cc1ccc(C)c(C(=O)NC(C)c2cccc3ccccc23)c1/C=C\C(C)C(C)CC1CNC1. The van der Waals surface area contributed by atoms with Gasteiger partial charge in [0.1, 0.15) is 0 Å². The molecule has 3 nitrogen and oxygen atoms in total. The molecular weight excluding hydrogens is 416 g/mol. The van der Waals surface area contributed by atoms with Gasteiger partial charge in [-0.25, -0.2) is 0 Å². The highest BCUT2D eigenvalue weighted by atomic mass is 16.1. The van der Waals surface area contributed by atoms with Crippen molar-refractivity contribution in [3.05, 3.63) is 88.5 Å². The van der Waals surface area contributed by atoms with Crippen molar-refractivity contribution in [2.24, 2.45) is 17.8 Å².